The van der Waals surface area contributed by atoms with Gasteiger partial charge in [-0.1, -0.05) is 27.7 Å². The van der Waals surface area contributed by atoms with Gasteiger partial charge in [0.1, 0.15) is 17.8 Å². The van der Waals surface area contributed by atoms with Crippen molar-refractivity contribution >= 4 is 22.8 Å². The van der Waals surface area contributed by atoms with Crippen LogP contribution in [0, 0.1) is 6.92 Å². The second-order valence-electron chi connectivity index (χ2n) is 6.37. The standard InChI is InChI=1S/C16H16N10O.2C2H6/c1-9-4-18-12(6-17-9)15-23-16(25-27-15)26-3-2-10(7-26)22-13-11-5-21-24-14(11)20-8-19-13;2*1-2/h4-6,8,10H,2-3,7H2,1H3,(H2,19,20,21,22,24);2*1-2H3. The number of hydrogen-bond donors (Lipinski definition) is 2. The zero-order valence-corrected chi connectivity index (χ0v) is 18.5. The van der Waals surface area contributed by atoms with Crippen molar-refractivity contribution in [1.29, 1.82) is 0 Å². The minimum absolute atomic E-state index is 0.208. The van der Waals surface area contributed by atoms with E-state index in [1.165, 1.54) is 6.33 Å². The van der Waals surface area contributed by atoms with E-state index in [0.29, 0.717) is 23.2 Å². The zero-order chi connectivity index (χ0) is 22.2. The average Bonchev–Trinajstić information content (AvgIpc) is 3.58. The molecule has 0 radical (unpaired) electrons. The van der Waals surface area contributed by atoms with Gasteiger partial charge in [-0.3, -0.25) is 10.1 Å². The monoisotopic (exact) mass is 424 g/mol. The highest BCUT2D eigenvalue weighted by Crippen LogP contribution is 2.24. The van der Waals surface area contributed by atoms with Crippen LogP contribution >= 0.6 is 0 Å². The first-order valence-electron chi connectivity index (χ1n) is 10.5. The van der Waals surface area contributed by atoms with Gasteiger partial charge in [0, 0.05) is 25.3 Å². The van der Waals surface area contributed by atoms with Crippen LogP contribution in [0.5, 0.6) is 0 Å². The lowest BCUT2D eigenvalue weighted by atomic mass is 10.2. The van der Waals surface area contributed by atoms with Crippen molar-refractivity contribution in [1.82, 2.24) is 40.3 Å². The maximum atomic E-state index is 5.35. The number of hydrogen-bond acceptors (Lipinski definition) is 10. The van der Waals surface area contributed by atoms with Gasteiger partial charge in [-0.25, -0.2) is 15.0 Å². The Morgan fingerprint density at radius 3 is 2.68 bits per heavy atom. The lowest BCUT2D eigenvalue weighted by Gasteiger charge is -2.15. The van der Waals surface area contributed by atoms with Gasteiger partial charge in [-0.05, 0) is 18.5 Å². The Morgan fingerprint density at radius 1 is 1.06 bits per heavy atom. The van der Waals surface area contributed by atoms with Gasteiger partial charge in [-0.15, -0.1) is 0 Å². The van der Waals surface area contributed by atoms with E-state index in [9.17, 15) is 0 Å². The molecular weight excluding hydrogens is 396 g/mol. The molecule has 5 rings (SSSR count). The Labute approximate surface area is 180 Å². The van der Waals surface area contributed by atoms with Crippen LogP contribution < -0.4 is 10.2 Å². The smallest absolute Gasteiger partial charge is 0.279 e. The molecule has 11 nitrogen and oxygen atoms in total. The first-order chi connectivity index (χ1) is 15.3. The number of rotatable bonds is 4. The molecule has 4 aromatic heterocycles. The first kappa shape index (κ1) is 22.1. The number of aryl methyl sites for hydroxylation is 1. The number of nitrogens with zero attached hydrogens (tertiary/aromatic N) is 8. The van der Waals surface area contributed by atoms with Crippen LogP contribution in [-0.4, -0.2) is 59.4 Å². The molecule has 11 heteroatoms. The summed E-state index contributed by atoms with van der Waals surface area (Å²) in [4.78, 5) is 23.5. The highest BCUT2D eigenvalue weighted by molar-refractivity contribution is 5.85. The second-order valence-corrected chi connectivity index (χ2v) is 6.37. The van der Waals surface area contributed by atoms with Crippen LogP contribution in [-0.2, 0) is 0 Å². The zero-order valence-electron chi connectivity index (χ0n) is 18.5. The summed E-state index contributed by atoms with van der Waals surface area (Å²) in [5.74, 6) is 1.68. The molecule has 1 unspecified atom stereocenters. The van der Waals surface area contributed by atoms with Crippen molar-refractivity contribution in [3.05, 3.63) is 30.6 Å². The number of anilines is 2. The molecule has 0 bridgehead atoms. The van der Waals surface area contributed by atoms with Crippen LogP contribution in [0.15, 0.2) is 29.4 Å². The maximum absolute atomic E-state index is 5.35. The number of aromatic amines is 1. The van der Waals surface area contributed by atoms with E-state index in [0.717, 1.165) is 36.4 Å². The minimum Gasteiger partial charge on any atom is -0.365 e. The number of fused-ring (bicyclic) bond motifs is 1. The summed E-state index contributed by atoms with van der Waals surface area (Å²) in [6.45, 7) is 11.4. The molecule has 5 heterocycles. The maximum Gasteiger partial charge on any atom is 0.279 e. The number of aromatic nitrogens is 8. The van der Waals surface area contributed by atoms with Gasteiger partial charge in [0.2, 0.25) is 0 Å². The Kier molecular flexibility index (Phi) is 7.41. The Morgan fingerprint density at radius 2 is 1.90 bits per heavy atom. The van der Waals surface area contributed by atoms with Crippen LogP contribution in [0.1, 0.15) is 39.8 Å². The molecule has 1 aliphatic rings. The third kappa shape index (κ3) is 4.93. The van der Waals surface area contributed by atoms with Crippen molar-refractivity contribution < 1.29 is 4.52 Å². The first-order valence-corrected chi connectivity index (χ1v) is 10.5. The van der Waals surface area contributed by atoms with Crippen LogP contribution in [0.2, 0.25) is 0 Å². The van der Waals surface area contributed by atoms with E-state index in [4.69, 9.17) is 4.52 Å². The average molecular weight is 425 g/mol. The molecule has 1 saturated heterocycles. The van der Waals surface area contributed by atoms with Gasteiger partial charge in [0.05, 0.1) is 23.5 Å². The third-order valence-corrected chi connectivity index (χ3v) is 4.48. The van der Waals surface area contributed by atoms with Crippen molar-refractivity contribution in [3.63, 3.8) is 0 Å². The van der Waals surface area contributed by atoms with E-state index in [1.807, 2.05) is 34.6 Å². The molecule has 1 fully saturated rings. The van der Waals surface area contributed by atoms with Gasteiger partial charge in [0.15, 0.2) is 5.65 Å². The number of H-pyrrole nitrogens is 1. The molecule has 0 amide bonds. The summed E-state index contributed by atoms with van der Waals surface area (Å²) in [5.41, 5.74) is 2.12. The fourth-order valence-corrected chi connectivity index (χ4v) is 3.08. The second kappa shape index (κ2) is 10.4. The molecule has 0 spiro atoms. The summed E-state index contributed by atoms with van der Waals surface area (Å²) in [6.07, 6.45) is 7.47. The third-order valence-electron chi connectivity index (χ3n) is 4.48. The molecule has 4 aromatic rings. The van der Waals surface area contributed by atoms with Gasteiger partial charge in [-0.2, -0.15) is 10.1 Å². The Balaban J connectivity index is 0.000000645. The van der Waals surface area contributed by atoms with Gasteiger partial charge < -0.3 is 14.7 Å². The summed E-state index contributed by atoms with van der Waals surface area (Å²) < 4.78 is 5.35. The summed E-state index contributed by atoms with van der Waals surface area (Å²) in [7, 11) is 0. The summed E-state index contributed by atoms with van der Waals surface area (Å²) >= 11 is 0. The van der Waals surface area contributed by atoms with Gasteiger partial charge in [0.25, 0.3) is 11.8 Å². The highest BCUT2D eigenvalue weighted by atomic mass is 16.5. The van der Waals surface area contributed by atoms with Crippen LogP contribution in [0.25, 0.3) is 22.6 Å². The highest BCUT2D eigenvalue weighted by Gasteiger charge is 2.27. The SMILES string of the molecule is CC.CC.Cc1cnc(-c2nc(N3CCC(Nc4ncnc5[nH]ncc45)C3)no2)cn1. The normalized spacial score (nSPS) is 15.1. The summed E-state index contributed by atoms with van der Waals surface area (Å²) in [5, 5.41) is 15.3. The summed E-state index contributed by atoms with van der Waals surface area (Å²) in [6, 6.07) is 0.208. The molecular formula is C20H28N10O. The molecule has 0 aromatic carbocycles. The largest absolute Gasteiger partial charge is 0.365 e. The topological polar surface area (TPSA) is 134 Å². The van der Waals surface area contributed by atoms with Crippen LogP contribution in [0.4, 0.5) is 11.8 Å². The van der Waals surface area contributed by atoms with E-state index >= 15 is 0 Å². The Hall–Kier alpha value is -3.63. The lowest BCUT2D eigenvalue weighted by molar-refractivity contribution is 0.428. The van der Waals surface area contributed by atoms with Gasteiger partial charge >= 0.3 is 0 Å². The fourth-order valence-electron chi connectivity index (χ4n) is 3.08. The molecule has 0 saturated carbocycles. The molecule has 1 atom stereocenters. The predicted molar refractivity (Wildman–Crippen MR) is 119 cm³/mol. The molecule has 0 aliphatic carbocycles. The predicted octanol–water partition coefficient (Wildman–Crippen LogP) is 3.24. The molecule has 1 aliphatic heterocycles. The van der Waals surface area contributed by atoms with E-state index in [2.05, 4.69) is 50.5 Å². The molecule has 31 heavy (non-hydrogen) atoms. The fraction of sp³-hybridized carbons (Fsp3) is 0.450. The molecule has 2 N–H and O–H groups in total. The van der Waals surface area contributed by atoms with Crippen molar-refractivity contribution in [2.45, 2.75) is 47.1 Å². The van der Waals surface area contributed by atoms with Crippen LogP contribution in [0.3, 0.4) is 0 Å². The quantitative estimate of drug-likeness (QED) is 0.502. The minimum atomic E-state index is 0.208. The Bertz CT molecular complexity index is 1070. The molecule has 164 valence electrons. The van der Waals surface area contributed by atoms with Crippen molar-refractivity contribution in [2.75, 3.05) is 23.3 Å². The number of nitrogens with one attached hydrogen (secondary N) is 2. The van der Waals surface area contributed by atoms with E-state index in [-0.39, 0.29) is 6.04 Å². The van der Waals surface area contributed by atoms with E-state index in [1.54, 1.807) is 18.6 Å². The van der Waals surface area contributed by atoms with Crippen molar-refractivity contribution in [3.8, 4) is 11.6 Å². The van der Waals surface area contributed by atoms with Crippen molar-refractivity contribution in [2.24, 2.45) is 0 Å². The van der Waals surface area contributed by atoms with E-state index < -0.39 is 0 Å². The lowest BCUT2D eigenvalue weighted by Crippen LogP contribution is -2.27.